The minimum absolute atomic E-state index is 0.110. The molecular weight excluding hydrogens is 435 g/mol. The fourth-order valence-electron chi connectivity index (χ4n) is 2.75. The van der Waals surface area contributed by atoms with E-state index < -0.39 is 0 Å². The molecule has 0 N–H and O–H groups in total. The number of halogens is 1. The van der Waals surface area contributed by atoms with Crippen molar-refractivity contribution in [1.82, 2.24) is 0 Å². The third kappa shape index (κ3) is 8.84. The maximum absolute atomic E-state index is 11.9. The number of carbonyl (C=O) groups is 1. The van der Waals surface area contributed by atoms with Crippen LogP contribution in [0.2, 0.25) is 0 Å². The van der Waals surface area contributed by atoms with Gasteiger partial charge in [0.15, 0.2) is 0 Å². The van der Waals surface area contributed by atoms with Crippen molar-refractivity contribution in [1.29, 1.82) is 0 Å². The first kappa shape index (κ1) is 20.9. The number of carbonyl (C=O) groups excluding carboxylic acids is 1. The topological polar surface area (TPSA) is 26.3 Å². The summed E-state index contributed by atoms with van der Waals surface area (Å²) >= 11 is -0.166. The summed E-state index contributed by atoms with van der Waals surface area (Å²) in [5.41, 5.74) is 0. The van der Waals surface area contributed by atoms with Crippen LogP contribution in [0.4, 0.5) is 0 Å². The van der Waals surface area contributed by atoms with Gasteiger partial charge in [-0.2, -0.15) is 0 Å². The van der Waals surface area contributed by atoms with Crippen molar-refractivity contribution in [3.8, 4) is 5.75 Å². The molecule has 0 bridgehead atoms. The number of esters is 1. The Morgan fingerprint density at radius 3 is 2.00 bits per heavy atom. The summed E-state index contributed by atoms with van der Waals surface area (Å²) in [6, 6.07) is 18.6. The van der Waals surface area contributed by atoms with E-state index in [-0.39, 0.29) is 27.2 Å². The summed E-state index contributed by atoms with van der Waals surface area (Å²) in [4.78, 5) is 11.9. The summed E-state index contributed by atoms with van der Waals surface area (Å²) in [5.74, 6) is 0.553. The molecule has 0 fully saturated rings. The molecule has 0 aromatic heterocycles. The van der Waals surface area contributed by atoms with Crippen molar-refractivity contribution in [3.63, 3.8) is 0 Å². The van der Waals surface area contributed by atoms with E-state index in [4.69, 9.17) is 4.74 Å². The first-order valence-corrected chi connectivity index (χ1v) is 11.9. The van der Waals surface area contributed by atoms with Gasteiger partial charge in [-0.1, -0.05) is 26.2 Å². The monoisotopic (exact) mass is 465 g/mol. The maximum atomic E-state index is 11.9. The standard InChI is InChI=1S/C23H30IO2/c1-2-3-4-5-6-7-8-12-15-23(25)26-22-18-16-21(17-19-22)24-20-13-10-9-11-14-20/h9-11,13-14,16-19H,2-8,12,15H2,1H3/q-1. The molecule has 2 aromatic rings. The average Bonchev–Trinajstić information content (AvgIpc) is 2.66. The summed E-state index contributed by atoms with van der Waals surface area (Å²) in [6.45, 7) is 2.24. The molecule has 0 atom stereocenters. The van der Waals surface area contributed by atoms with Crippen molar-refractivity contribution < 1.29 is 30.7 Å². The van der Waals surface area contributed by atoms with Crippen LogP contribution in [0.3, 0.4) is 0 Å². The van der Waals surface area contributed by atoms with E-state index in [2.05, 4.69) is 43.3 Å². The minimum atomic E-state index is -0.166. The zero-order valence-electron chi connectivity index (χ0n) is 15.8. The second-order valence-corrected chi connectivity index (χ2v) is 9.57. The molecule has 2 aromatic carbocycles. The zero-order chi connectivity index (χ0) is 18.5. The molecule has 0 radical (unpaired) electrons. The third-order valence-corrected chi connectivity index (χ3v) is 6.92. The molecule has 0 saturated heterocycles. The molecule has 0 unspecified atom stereocenters. The number of hydrogen-bond donors (Lipinski definition) is 0. The van der Waals surface area contributed by atoms with Gasteiger partial charge in [0.1, 0.15) is 0 Å². The predicted molar refractivity (Wildman–Crippen MR) is 103 cm³/mol. The Hall–Kier alpha value is -1.36. The van der Waals surface area contributed by atoms with Gasteiger partial charge in [0, 0.05) is 0 Å². The van der Waals surface area contributed by atoms with E-state index in [0.717, 1.165) is 12.8 Å². The number of benzene rings is 2. The van der Waals surface area contributed by atoms with Crippen molar-refractivity contribution in [2.45, 2.75) is 64.7 Å². The van der Waals surface area contributed by atoms with Crippen molar-refractivity contribution in [3.05, 3.63) is 61.7 Å². The van der Waals surface area contributed by atoms with Gasteiger partial charge in [0.2, 0.25) is 0 Å². The van der Waals surface area contributed by atoms with Crippen LogP contribution in [-0.2, 0) is 4.79 Å². The van der Waals surface area contributed by atoms with Gasteiger partial charge >= 0.3 is 143 Å². The molecule has 142 valence electrons. The van der Waals surface area contributed by atoms with Crippen molar-refractivity contribution >= 4 is 5.97 Å². The molecule has 0 aliphatic heterocycles. The number of unbranched alkanes of at least 4 members (excludes halogenated alkanes) is 7. The zero-order valence-corrected chi connectivity index (χ0v) is 17.9. The Morgan fingerprint density at radius 2 is 1.35 bits per heavy atom. The van der Waals surface area contributed by atoms with Crippen LogP contribution >= 0.6 is 0 Å². The summed E-state index contributed by atoms with van der Waals surface area (Å²) < 4.78 is 8.18. The fourth-order valence-corrected chi connectivity index (χ4v) is 4.97. The van der Waals surface area contributed by atoms with Crippen LogP contribution in [0.5, 0.6) is 5.75 Å². The van der Waals surface area contributed by atoms with Gasteiger partial charge in [-0.3, -0.25) is 0 Å². The van der Waals surface area contributed by atoms with Gasteiger partial charge in [0.25, 0.3) is 0 Å². The molecule has 26 heavy (non-hydrogen) atoms. The van der Waals surface area contributed by atoms with Crippen LogP contribution in [0, 0.1) is 7.14 Å². The number of ether oxygens (including phenoxy) is 1. The van der Waals surface area contributed by atoms with E-state index in [1.807, 2.05) is 18.2 Å². The Kier molecular flexibility index (Phi) is 10.4. The van der Waals surface area contributed by atoms with Gasteiger partial charge in [-0.15, -0.1) is 0 Å². The van der Waals surface area contributed by atoms with Crippen molar-refractivity contribution in [2.24, 2.45) is 0 Å². The first-order chi connectivity index (χ1) is 12.8. The molecule has 3 heteroatoms. The van der Waals surface area contributed by atoms with Gasteiger partial charge in [-0.25, -0.2) is 0 Å². The molecule has 0 amide bonds. The molecule has 0 aliphatic carbocycles. The Balaban J connectivity index is 1.61. The SMILES string of the molecule is CCCCCCCCCCC(=O)Oc1ccc([I-]c2ccccc2)cc1. The summed E-state index contributed by atoms with van der Waals surface area (Å²) in [5, 5.41) is 0. The summed E-state index contributed by atoms with van der Waals surface area (Å²) in [6.07, 6.45) is 10.4. The molecule has 0 heterocycles. The van der Waals surface area contributed by atoms with Crippen LogP contribution in [0.25, 0.3) is 0 Å². The predicted octanol–water partition coefficient (Wildman–Crippen LogP) is 3.25. The van der Waals surface area contributed by atoms with E-state index >= 15 is 0 Å². The number of rotatable bonds is 12. The second-order valence-electron chi connectivity index (χ2n) is 6.54. The van der Waals surface area contributed by atoms with Crippen LogP contribution in [0.1, 0.15) is 64.7 Å². The molecule has 0 saturated carbocycles. The molecular formula is C23H30IO2-. The normalized spacial score (nSPS) is 10.8. The molecule has 2 rings (SSSR count). The van der Waals surface area contributed by atoms with Crippen LogP contribution in [-0.4, -0.2) is 5.97 Å². The Morgan fingerprint density at radius 1 is 0.769 bits per heavy atom. The van der Waals surface area contributed by atoms with Crippen molar-refractivity contribution in [2.75, 3.05) is 0 Å². The second kappa shape index (κ2) is 12.9. The Bertz CT molecular complexity index is 622. The van der Waals surface area contributed by atoms with Crippen LogP contribution < -0.4 is 25.9 Å². The van der Waals surface area contributed by atoms with E-state index in [1.54, 1.807) is 0 Å². The molecule has 0 aliphatic rings. The number of hydrogen-bond acceptors (Lipinski definition) is 2. The van der Waals surface area contributed by atoms with E-state index in [0.29, 0.717) is 12.2 Å². The van der Waals surface area contributed by atoms with E-state index in [9.17, 15) is 4.79 Å². The summed E-state index contributed by atoms with van der Waals surface area (Å²) in [7, 11) is 0. The fraction of sp³-hybridized carbons (Fsp3) is 0.435. The first-order valence-electron chi connectivity index (χ1n) is 9.78. The van der Waals surface area contributed by atoms with Gasteiger partial charge < -0.3 is 0 Å². The van der Waals surface area contributed by atoms with Gasteiger partial charge in [-0.05, 0) is 0 Å². The molecule has 2 nitrogen and oxygen atoms in total. The third-order valence-electron chi connectivity index (χ3n) is 4.23. The quantitative estimate of drug-likeness (QED) is 0.208. The van der Waals surface area contributed by atoms with Crippen LogP contribution in [0.15, 0.2) is 54.6 Å². The Labute approximate surface area is 168 Å². The van der Waals surface area contributed by atoms with E-state index in [1.165, 1.54) is 45.7 Å². The van der Waals surface area contributed by atoms with Gasteiger partial charge in [0.05, 0.1) is 0 Å². The molecule has 0 spiro atoms. The average molecular weight is 465 g/mol.